The lowest BCUT2D eigenvalue weighted by Gasteiger charge is -2.08. The van der Waals surface area contributed by atoms with Crippen molar-refractivity contribution in [2.45, 2.75) is 13.1 Å². The largest absolute Gasteiger partial charge is 0.497 e. The summed E-state index contributed by atoms with van der Waals surface area (Å²) < 4.78 is 5.11. The maximum absolute atomic E-state index is 12.3. The molecule has 6 heteroatoms. The average Bonchev–Trinajstić information content (AvgIpc) is 2.77. The highest BCUT2D eigenvalue weighted by Gasteiger charge is 2.09. The first-order valence-electron chi connectivity index (χ1n) is 8.85. The van der Waals surface area contributed by atoms with Gasteiger partial charge in [-0.2, -0.15) is 0 Å². The molecule has 0 aliphatic heterocycles. The molecule has 2 aromatic carbocycles. The highest BCUT2D eigenvalue weighted by Crippen LogP contribution is 2.11. The van der Waals surface area contributed by atoms with Crippen molar-refractivity contribution in [3.63, 3.8) is 0 Å². The molecule has 142 valence electrons. The van der Waals surface area contributed by atoms with Crippen LogP contribution in [0.1, 0.15) is 32.0 Å². The number of carbonyl (C=O) groups is 2. The SMILES string of the molecule is COc1ccc(CNC(=O)c2ccc(C(=O)NCc3ccccn3)cc2)cc1. The minimum atomic E-state index is -0.212. The molecule has 0 saturated carbocycles. The number of methoxy groups -OCH3 is 1. The highest BCUT2D eigenvalue weighted by atomic mass is 16.5. The second kappa shape index (κ2) is 9.32. The van der Waals surface area contributed by atoms with E-state index in [2.05, 4.69) is 15.6 Å². The van der Waals surface area contributed by atoms with Crippen LogP contribution in [0, 0.1) is 0 Å². The van der Waals surface area contributed by atoms with Crippen LogP contribution in [0.4, 0.5) is 0 Å². The predicted octanol–water partition coefficient (Wildman–Crippen LogP) is 2.95. The number of ether oxygens (including phenoxy) is 1. The van der Waals surface area contributed by atoms with Crippen LogP contribution in [0.15, 0.2) is 72.9 Å². The van der Waals surface area contributed by atoms with Crippen molar-refractivity contribution in [2.24, 2.45) is 0 Å². The van der Waals surface area contributed by atoms with Gasteiger partial charge in [-0.1, -0.05) is 18.2 Å². The van der Waals surface area contributed by atoms with Crippen molar-refractivity contribution in [1.29, 1.82) is 0 Å². The number of rotatable bonds is 7. The fraction of sp³-hybridized carbons (Fsp3) is 0.136. The Morgan fingerprint density at radius 1 is 0.821 bits per heavy atom. The zero-order valence-electron chi connectivity index (χ0n) is 15.5. The molecule has 0 bridgehead atoms. The summed E-state index contributed by atoms with van der Waals surface area (Å²) in [5, 5.41) is 5.67. The number of nitrogens with one attached hydrogen (secondary N) is 2. The molecule has 0 unspecified atom stereocenters. The molecule has 28 heavy (non-hydrogen) atoms. The van der Waals surface area contributed by atoms with Gasteiger partial charge in [0.1, 0.15) is 5.75 Å². The minimum Gasteiger partial charge on any atom is -0.497 e. The number of benzene rings is 2. The van der Waals surface area contributed by atoms with E-state index in [0.717, 1.165) is 17.0 Å². The summed E-state index contributed by atoms with van der Waals surface area (Å²) in [5.74, 6) is 0.360. The van der Waals surface area contributed by atoms with E-state index in [1.165, 1.54) is 0 Å². The first-order valence-corrected chi connectivity index (χ1v) is 8.85. The fourth-order valence-electron chi connectivity index (χ4n) is 2.58. The molecule has 2 amide bonds. The zero-order chi connectivity index (χ0) is 19.8. The molecule has 1 aromatic heterocycles. The Balaban J connectivity index is 1.52. The van der Waals surface area contributed by atoms with Gasteiger partial charge in [-0.25, -0.2) is 0 Å². The summed E-state index contributed by atoms with van der Waals surface area (Å²) in [6.07, 6.45) is 1.68. The van der Waals surface area contributed by atoms with Crippen LogP contribution < -0.4 is 15.4 Å². The lowest BCUT2D eigenvalue weighted by atomic mass is 10.1. The molecular formula is C22H21N3O3. The van der Waals surface area contributed by atoms with Crippen LogP contribution in [0.3, 0.4) is 0 Å². The third-order valence-electron chi connectivity index (χ3n) is 4.18. The van der Waals surface area contributed by atoms with Crippen LogP contribution >= 0.6 is 0 Å². The van der Waals surface area contributed by atoms with Gasteiger partial charge >= 0.3 is 0 Å². The van der Waals surface area contributed by atoms with Gasteiger partial charge in [0.15, 0.2) is 0 Å². The number of aromatic nitrogens is 1. The molecule has 0 atom stereocenters. The second-order valence-corrected chi connectivity index (χ2v) is 6.11. The van der Waals surface area contributed by atoms with Gasteiger partial charge in [-0.3, -0.25) is 14.6 Å². The van der Waals surface area contributed by atoms with E-state index in [1.807, 2.05) is 42.5 Å². The number of amides is 2. The summed E-state index contributed by atoms with van der Waals surface area (Å²) in [5.41, 5.74) is 2.74. The number of pyridine rings is 1. The maximum Gasteiger partial charge on any atom is 0.251 e. The quantitative estimate of drug-likeness (QED) is 0.665. The van der Waals surface area contributed by atoms with Crippen molar-refractivity contribution < 1.29 is 14.3 Å². The molecule has 0 aliphatic carbocycles. The first-order chi connectivity index (χ1) is 13.7. The molecule has 0 aliphatic rings. The molecule has 0 spiro atoms. The molecule has 0 fully saturated rings. The van der Waals surface area contributed by atoms with Crippen molar-refractivity contribution in [2.75, 3.05) is 7.11 Å². The van der Waals surface area contributed by atoms with E-state index in [-0.39, 0.29) is 11.8 Å². The van der Waals surface area contributed by atoms with E-state index in [9.17, 15) is 9.59 Å². The smallest absolute Gasteiger partial charge is 0.251 e. The van der Waals surface area contributed by atoms with Gasteiger partial charge in [0, 0.05) is 23.9 Å². The van der Waals surface area contributed by atoms with Crippen LogP contribution in [0.5, 0.6) is 5.75 Å². The van der Waals surface area contributed by atoms with E-state index in [1.54, 1.807) is 37.6 Å². The van der Waals surface area contributed by atoms with Crippen molar-refractivity contribution in [3.8, 4) is 5.75 Å². The summed E-state index contributed by atoms with van der Waals surface area (Å²) in [6.45, 7) is 0.763. The Kier molecular flexibility index (Phi) is 6.36. The Bertz CT molecular complexity index is 924. The molecule has 6 nitrogen and oxygen atoms in total. The van der Waals surface area contributed by atoms with Gasteiger partial charge in [0.05, 0.1) is 19.3 Å². The number of nitrogens with zero attached hydrogens (tertiary/aromatic N) is 1. The van der Waals surface area contributed by atoms with Gasteiger partial charge in [-0.05, 0) is 54.1 Å². The van der Waals surface area contributed by atoms with Gasteiger partial charge < -0.3 is 15.4 Å². The van der Waals surface area contributed by atoms with E-state index < -0.39 is 0 Å². The van der Waals surface area contributed by atoms with Gasteiger partial charge in [0.2, 0.25) is 0 Å². The maximum atomic E-state index is 12.3. The zero-order valence-corrected chi connectivity index (χ0v) is 15.5. The Morgan fingerprint density at radius 2 is 1.43 bits per heavy atom. The lowest BCUT2D eigenvalue weighted by Crippen LogP contribution is -2.24. The number of hydrogen-bond donors (Lipinski definition) is 2. The molecule has 1 heterocycles. The third-order valence-corrected chi connectivity index (χ3v) is 4.18. The summed E-state index contributed by atoms with van der Waals surface area (Å²) >= 11 is 0. The Hall–Kier alpha value is -3.67. The third kappa shape index (κ3) is 5.17. The number of hydrogen-bond acceptors (Lipinski definition) is 4. The lowest BCUT2D eigenvalue weighted by molar-refractivity contribution is 0.0939. The first kappa shape index (κ1) is 19.1. The predicted molar refractivity (Wildman–Crippen MR) is 106 cm³/mol. The standard InChI is InChI=1S/C22H21N3O3/c1-28-20-11-5-16(6-12-20)14-24-21(26)17-7-9-18(10-8-17)22(27)25-15-19-4-2-3-13-23-19/h2-13H,14-15H2,1H3,(H,24,26)(H,25,27). The molecule has 2 N–H and O–H groups in total. The summed E-state index contributed by atoms with van der Waals surface area (Å²) in [4.78, 5) is 28.7. The molecule has 3 rings (SSSR count). The Morgan fingerprint density at radius 3 is 1.96 bits per heavy atom. The van der Waals surface area contributed by atoms with Crippen LogP contribution in [0.25, 0.3) is 0 Å². The summed E-state index contributed by atoms with van der Waals surface area (Å²) in [6, 6.07) is 19.6. The topological polar surface area (TPSA) is 80.3 Å². The number of carbonyl (C=O) groups excluding carboxylic acids is 2. The monoisotopic (exact) mass is 375 g/mol. The van der Waals surface area contributed by atoms with E-state index in [0.29, 0.717) is 24.2 Å². The van der Waals surface area contributed by atoms with Crippen LogP contribution in [-0.2, 0) is 13.1 Å². The molecule has 3 aromatic rings. The fourth-order valence-corrected chi connectivity index (χ4v) is 2.58. The van der Waals surface area contributed by atoms with Crippen LogP contribution in [-0.4, -0.2) is 23.9 Å². The van der Waals surface area contributed by atoms with Crippen molar-refractivity contribution >= 4 is 11.8 Å². The minimum absolute atomic E-state index is 0.198. The average molecular weight is 375 g/mol. The van der Waals surface area contributed by atoms with Crippen molar-refractivity contribution in [3.05, 3.63) is 95.3 Å². The highest BCUT2D eigenvalue weighted by molar-refractivity contribution is 5.97. The van der Waals surface area contributed by atoms with Gasteiger partial charge in [0.25, 0.3) is 11.8 Å². The molecular weight excluding hydrogens is 354 g/mol. The van der Waals surface area contributed by atoms with Crippen molar-refractivity contribution in [1.82, 2.24) is 15.6 Å². The van der Waals surface area contributed by atoms with E-state index in [4.69, 9.17) is 4.74 Å². The Labute approximate surface area is 163 Å². The van der Waals surface area contributed by atoms with E-state index >= 15 is 0 Å². The van der Waals surface area contributed by atoms with Gasteiger partial charge in [-0.15, -0.1) is 0 Å². The second-order valence-electron chi connectivity index (χ2n) is 6.11. The summed E-state index contributed by atoms with van der Waals surface area (Å²) in [7, 11) is 1.61. The molecule has 0 saturated heterocycles. The normalized spacial score (nSPS) is 10.2. The van der Waals surface area contributed by atoms with Crippen LogP contribution in [0.2, 0.25) is 0 Å². The molecule has 0 radical (unpaired) electrons.